The van der Waals surface area contributed by atoms with Crippen LogP contribution in [0.4, 0.5) is 5.69 Å². The molecule has 0 aliphatic heterocycles. The molecule has 0 radical (unpaired) electrons. The quantitative estimate of drug-likeness (QED) is 0.677. The number of oxime groups is 1. The summed E-state index contributed by atoms with van der Waals surface area (Å²) in [7, 11) is 0. The highest BCUT2D eigenvalue weighted by molar-refractivity contribution is 7.12. The molecule has 2 aromatic rings. The van der Waals surface area contributed by atoms with Gasteiger partial charge in [0.05, 0.1) is 10.6 Å². The van der Waals surface area contributed by atoms with Gasteiger partial charge in [0.2, 0.25) is 0 Å². The van der Waals surface area contributed by atoms with Crippen molar-refractivity contribution < 1.29 is 9.63 Å². The number of benzene rings is 1. The molecule has 0 saturated heterocycles. The first-order valence-corrected chi connectivity index (χ1v) is 7.10. The fourth-order valence-electron chi connectivity index (χ4n) is 1.62. The molecule has 0 fully saturated rings. The average molecular weight is 288 g/mol. The number of nitrogens with one attached hydrogen (secondary N) is 1. The van der Waals surface area contributed by atoms with E-state index in [0.29, 0.717) is 0 Å². The maximum Gasteiger partial charge on any atom is 0.265 e. The van der Waals surface area contributed by atoms with Crippen LogP contribution in [-0.2, 0) is 9.63 Å². The van der Waals surface area contributed by atoms with Gasteiger partial charge in [0.15, 0.2) is 6.61 Å². The van der Waals surface area contributed by atoms with Crippen LogP contribution in [0, 0.1) is 6.92 Å². The minimum atomic E-state index is -0.220. The second-order valence-corrected chi connectivity index (χ2v) is 5.24. The zero-order valence-electron chi connectivity index (χ0n) is 11.4. The molecule has 0 bridgehead atoms. The standard InChI is InChI=1S/C15H16N2O2S/c1-11-6-3-4-7-13(11)16-15(18)10-19-17-12(2)14-8-5-9-20-14/h3-9H,10H2,1-2H3,(H,16,18)/b17-12-. The van der Waals surface area contributed by atoms with Crippen LogP contribution in [0.3, 0.4) is 0 Å². The summed E-state index contributed by atoms with van der Waals surface area (Å²) in [4.78, 5) is 17.8. The highest BCUT2D eigenvalue weighted by Gasteiger charge is 2.05. The predicted molar refractivity (Wildman–Crippen MR) is 82.3 cm³/mol. The number of thiophene rings is 1. The Labute approximate surface area is 122 Å². The molecule has 1 amide bonds. The summed E-state index contributed by atoms with van der Waals surface area (Å²) >= 11 is 1.58. The summed E-state index contributed by atoms with van der Waals surface area (Å²) in [6, 6.07) is 11.5. The molecule has 0 spiro atoms. The van der Waals surface area contributed by atoms with Gasteiger partial charge in [0.1, 0.15) is 0 Å². The topological polar surface area (TPSA) is 50.7 Å². The van der Waals surface area contributed by atoms with E-state index in [9.17, 15) is 4.79 Å². The molecule has 4 nitrogen and oxygen atoms in total. The smallest absolute Gasteiger partial charge is 0.265 e. The molecule has 0 aliphatic rings. The lowest BCUT2D eigenvalue weighted by Crippen LogP contribution is -2.17. The SMILES string of the molecule is C/C(=N/OCC(=O)Nc1ccccc1C)c1cccs1. The molecule has 0 aliphatic carbocycles. The summed E-state index contributed by atoms with van der Waals surface area (Å²) in [6.07, 6.45) is 0. The molecule has 0 unspecified atom stereocenters. The molecule has 0 saturated carbocycles. The monoisotopic (exact) mass is 288 g/mol. The van der Waals surface area contributed by atoms with E-state index < -0.39 is 0 Å². The van der Waals surface area contributed by atoms with E-state index >= 15 is 0 Å². The third-order valence-corrected chi connectivity index (χ3v) is 3.67. The minimum absolute atomic E-state index is 0.100. The lowest BCUT2D eigenvalue weighted by Gasteiger charge is -2.07. The maximum atomic E-state index is 11.7. The van der Waals surface area contributed by atoms with Crippen molar-refractivity contribution in [3.63, 3.8) is 0 Å². The average Bonchev–Trinajstić information content (AvgIpc) is 2.95. The van der Waals surface area contributed by atoms with Gasteiger partial charge in [-0.3, -0.25) is 4.79 Å². The lowest BCUT2D eigenvalue weighted by atomic mass is 10.2. The number of anilines is 1. The van der Waals surface area contributed by atoms with Gasteiger partial charge >= 0.3 is 0 Å². The summed E-state index contributed by atoms with van der Waals surface area (Å²) in [5.74, 6) is -0.220. The van der Waals surface area contributed by atoms with Crippen molar-refractivity contribution in [2.45, 2.75) is 13.8 Å². The minimum Gasteiger partial charge on any atom is -0.385 e. The van der Waals surface area contributed by atoms with Crippen LogP contribution in [0.5, 0.6) is 0 Å². The predicted octanol–water partition coefficient (Wildman–Crippen LogP) is 3.44. The highest BCUT2D eigenvalue weighted by atomic mass is 32.1. The Balaban J connectivity index is 1.84. The third-order valence-electron chi connectivity index (χ3n) is 2.69. The summed E-state index contributed by atoms with van der Waals surface area (Å²) in [5.41, 5.74) is 2.57. The molecule has 5 heteroatoms. The first-order valence-electron chi connectivity index (χ1n) is 6.23. The number of hydrogen-bond acceptors (Lipinski definition) is 4. The van der Waals surface area contributed by atoms with Crippen LogP contribution in [0.2, 0.25) is 0 Å². The van der Waals surface area contributed by atoms with Crippen molar-refractivity contribution in [2.24, 2.45) is 5.16 Å². The van der Waals surface area contributed by atoms with Crippen molar-refractivity contribution in [1.29, 1.82) is 0 Å². The van der Waals surface area contributed by atoms with Gasteiger partial charge in [-0.1, -0.05) is 29.4 Å². The molecule has 1 aromatic carbocycles. The highest BCUT2D eigenvalue weighted by Crippen LogP contribution is 2.13. The number of aryl methyl sites for hydroxylation is 1. The van der Waals surface area contributed by atoms with Crippen LogP contribution in [0.1, 0.15) is 17.4 Å². The van der Waals surface area contributed by atoms with Crippen molar-refractivity contribution in [2.75, 3.05) is 11.9 Å². The Morgan fingerprint density at radius 1 is 1.30 bits per heavy atom. The first-order chi connectivity index (χ1) is 9.66. The van der Waals surface area contributed by atoms with Crippen LogP contribution < -0.4 is 5.32 Å². The Kier molecular flexibility index (Phi) is 4.90. The van der Waals surface area contributed by atoms with Crippen molar-refractivity contribution in [1.82, 2.24) is 0 Å². The van der Waals surface area contributed by atoms with Crippen LogP contribution in [-0.4, -0.2) is 18.2 Å². The van der Waals surface area contributed by atoms with Gasteiger partial charge in [-0.15, -0.1) is 11.3 Å². The Morgan fingerprint density at radius 3 is 2.80 bits per heavy atom. The van der Waals surface area contributed by atoms with Crippen LogP contribution in [0.25, 0.3) is 0 Å². The molecule has 0 atom stereocenters. The van der Waals surface area contributed by atoms with Gasteiger partial charge in [-0.05, 0) is 36.9 Å². The molecular formula is C15H16N2O2S. The van der Waals surface area contributed by atoms with E-state index in [2.05, 4.69) is 10.5 Å². The summed E-state index contributed by atoms with van der Waals surface area (Å²) < 4.78 is 0. The third kappa shape index (κ3) is 3.93. The van der Waals surface area contributed by atoms with E-state index in [1.165, 1.54) is 0 Å². The van der Waals surface area contributed by atoms with Crippen molar-refractivity contribution >= 4 is 28.6 Å². The van der Waals surface area contributed by atoms with Crippen LogP contribution >= 0.6 is 11.3 Å². The number of amides is 1. The number of carbonyl (C=O) groups excluding carboxylic acids is 1. The summed E-state index contributed by atoms with van der Waals surface area (Å²) in [5, 5.41) is 8.70. The van der Waals surface area contributed by atoms with Crippen LogP contribution in [0.15, 0.2) is 46.9 Å². The Morgan fingerprint density at radius 2 is 2.10 bits per heavy atom. The van der Waals surface area contributed by atoms with Gasteiger partial charge < -0.3 is 10.2 Å². The van der Waals surface area contributed by atoms with Gasteiger partial charge in [-0.2, -0.15) is 0 Å². The molecule has 1 aromatic heterocycles. The normalized spacial score (nSPS) is 11.2. The van der Waals surface area contributed by atoms with Gasteiger partial charge in [0.25, 0.3) is 5.91 Å². The fraction of sp³-hybridized carbons (Fsp3) is 0.200. The maximum absolute atomic E-state index is 11.7. The van der Waals surface area contributed by atoms with E-state index in [1.54, 1.807) is 11.3 Å². The second kappa shape index (κ2) is 6.86. The molecule has 2 rings (SSSR count). The molecular weight excluding hydrogens is 272 g/mol. The fourth-order valence-corrected chi connectivity index (χ4v) is 2.29. The van der Waals surface area contributed by atoms with E-state index in [-0.39, 0.29) is 12.5 Å². The van der Waals surface area contributed by atoms with Gasteiger partial charge in [0, 0.05) is 5.69 Å². The lowest BCUT2D eigenvalue weighted by molar-refractivity contribution is -0.120. The van der Waals surface area contributed by atoms with Crippen molar-refractivity contribution in [3.05, 3.63) is 52.2 Å². The largest absolute Gasteiger partial charge is 0.385 e. The zero-order chi connectivity index (χ0) is 14.4. The van der Waals surface area contributed by atoms with E-state index in [1.807, 2.05) is 55.6 Å². The molecule has 1 N–H and O–H groups in total. The zero-order valence-corrected chi connectivity index (χ0v) is 12.2. The Hall–Kier alpha value is -2.14. The number of hydrogen-bond donors (Lipinski definition) is 1. The number of para-hydroxylation sites is 1. The van der Waals surface area contributed by atoms with Crippen molar-refractivity contribution in [3.8, 4) is 0 Å². The Bertz CT molecular complexity index is 606. The first kappa shape index (κ1) is 14.3. The number of nitrogens with zero attached hydrogens (tertiary/aromatic N) is 1. The summed E-state index contributed by atoms with van der Waals surface area (Å²) in [6.45, 7) is 3.69. The molecule has 104 valence electrons. The molecule has 1 heterocycles. The number of carbonyl (C=O) groups is 1. The number of rotatable bonds is 5. The second-order valence-electron chi connectivity index (χ2n) is 4.29. The molecule has 20 heavy (non-hydrogen) atoms. The van der Waals surface area contributed by atoms with Gasteiger partial charge in [-0.25, -0.2) is 0 Å². The van der Waals surface area contributed by atoms with E-state index in [0.717, 1.165) is 21.8 Å². The van der Waals surface area contributed by atoms with E-state index in [4.69, 9.17) is 4.84 Å².